The fourth-order valence-corrected chi connectivity index (χ4v) is 3.86. The van der Waals surface area contributed by atoms with Crippen LogP contribution >= 0.6 is 0 Å². The van der Waals surface area contributed by atoms with Crippen LogP contribution in [0.1, 0.15) is 29.7 Å². The lowest BCUT2D eigenvalue weighted by Gasteiger charge is -2.21. The van der Waals surface area contributed by atoms with Crippen molar-refractivity contribution < 1.29 is 9.53 Å². The van der Waals surface area contributed by atoms with Crippen molar-refractivity contribution >= 4 is 6.09 Å². The maximum Gasteiger partial charge on any atom is 0.410 e. The number of carbonyl (C=O) groups is 1. The number of amides is 1. The zero-order chi connectivity index (χ0) is 20.2. The van der Waals surface area contributed by atoms with E-state index >= 15 is 0 Å². The summed E-state index contributed by atoms with van der Waals surface area (Å²) in [5.41, 5.74) is 5.64. The van der Waals surface area contributed by atoms with Crippen LogP contribution in [0.15, 0.2) is 60.8 Å². The van der Waals surface area contributed by atoms with Gasteiger partial charge in [-0.15, -0.1) is 6.42 Å². The molecule has 4 rings (SSSR count). The van der Waals surface area contributed by atoms with Crippen LogP contribution in [0.4, 0.5) is 4.79 Å². The second-order valence-electron chi connectivity index (χ2n) is 7.03. The summed E-state index contributed by atoms with van der Waals surface area (Å²) >= 11 is 0. The molecule has 146 valence electrons. The number of fused-ring (bicyclic) bond motifs is 3. The molecular weight excluding hydrogens is 362 g/mol. The molecule has 0 fully saturated rings. The molecule has 1 heterocycles. The van der Waals surface area contributed by atoms with E-state index in [4.69, 9.17) is 11.2 Å². The number of aromatic nitrogens is 2. The van der Waals surface area contributed by atoms with E-state index in [1.54, 1.807) is 9.58 Å². The first kappa shape index (κ1) is 18.8. The third kappa shape index (κ3) is 3.74. The molecule has 3 aromatic rings. The van der Waals surface area contributed by atoms with Crippen LogP contribution < -0.4 is 0 Å². The van der Waals surface area contributed by atoms with Gasteiger partial charge in [-0.2, -0.15) is 5.10 Å². The topological polar surface area (TPSA) is 47.4 Å². The van der Waals surface area contributed by atoms with E-state index in [0.717, 1.165) is 5.69 Å². The van der Waals surface area contributed by atoms with Gasteiger partial charge in [-0.25, -0.2) is 4.79 Å². The van der Waals surface area contributed by atoms with Gasteiger partial charge in [0.1, 0.15) is 13.2 Å². The fraction of sp³-hybridized carbons (Fsp3) is 0.250. The summed E-state index contributed by atoms with van der Waals surface area (Å²) in [4.78, 5) is 14.4. The number of rotatable bonds is 6. The molecule has 0 saturated heterocycles. The number of benzene rings is 2. The number of ether oxygens (including phenoxy) is 1. The number of nitrogens with zero attached hydrogens (tertiary/aromatic N) is 3. The molecule has 0 bridgehead atoms. The molecule has 1 amide bonds. The lowest BCUT2D eigenvalue weighted by Crippen LogP contribution is -2.32. The van der Waals surface area contributed by atoms with Crippen LogP contribution in [-0.4, -0.2) is 33.9 Å². The highest BCUT2D eigenvalue weighted by molar-refractivity contribution is 5.79. The SMILES string of the molecule is C#CCn1ccc(CN(CC)C(=O)OCC2c3ccccc3-c3ccccc32)n1. The van der Waals surface area contributed by atoms with Crippen molar-refractivity contribution in [2.24, 2.45) is 0 Å². The minimum absolute atomic E-state index is 0.0555. The van der Waals surface area contributed by atoms with Gasteiger partial charge >= 0.3 is 6.09 Å². The Morgan fingerprint density at radius 1 is 1.14 bits per heavy atom. The van der Waals surface area contributed by atoms with E-state index in [1.165, 1.54) is 22.3 Å². The summed E-state index contributed by atoms with van der Waals surface area (Å²) in [5, 5.41) is 4.39. The van der Waals surface area contributed by atoms with E-state index in [1.807, 2.05) is 43.5 Å². The van der Waals surface area contributed by atoms with E-state index in [2.05, 4.69) is 35.3 Å². The van der Waals surface area contributed by atoms with Gasteiger partial charge in [-0.1, -0.05) is 54.5 Å². The lowest BCUT2D eigenvalue weighted by atomic mass is 9.98. The van der Waals surface area contributed by atoms with Gasteiger partial charge in [0.05, 0.1) is 12.2 Å². The first-order valence-corrected chi connectivity index (χ1v) is 9.77. The zero-order valence-corrected chi connectivity index (χ0v) is 16.4. The molecule has 1 aliphatic rings. The van der Waals surface area contributed by atoms with E-state index < -0.39 is 0 Å². The quantitative estimate of drug-likeness (QED) is 0.595. The fourth-order valence-electron chi connectivity index (χ4n) is 3.86. The smallest absolute Gasteiger partial charge is 0.410 e. The molecule has 0 N–H and O–H groups in total. The van der Waals surface area contributed by atoms with Crippen molar-refractivity contribution in [2.75, 3.05) is 13.2 Å². The molecule has 2 aromatic carbocycles. The van der Waals surface area contributed by atoms with E-state index in [9.17, 15) is 4.79 Å². The Morgan fingerprint density at radius 2 is 1.79 bits per heavy atom. The molecule has 0 spiro atoms. The molecule has 1 aliphatic carbocycles. The molecule has 0 atom stereocenters. The Kier molecular flexibility index (Phi) is 5.35. The summed E-state index contributed by atoms with van der Waals surface area (Å²) in [7, 11) is 0. The summed E-state index contributed by atoms with van der Waals surface area (Å²) < 4.78 is 7.42. The van der Waals surface area contributed by atoms with E-state index in [0.29, 0.717) is 26.2 Å². The van der Waals surface area contributed by atoms with Crippen molar-refractivity contribution in [3.63, 3.8) is 0 Å². The highest BCUT2D eigenvalue weighted by Crippen LogP contribution is 2.44. The first-order valence-electron chi connectivity index (χ1n) is 9.77. The molecule has 5 nitrogen and oxygen atoms in total. The van der Waals surface area contributed by atoms with Crippen LogP contribution in [0.5, 0.6) is 0 Å². The predicted octanol–water partition coefficient (Wildman–Crippen LogP) is 4.29. The molecule has 29 heavy (non-hydrogen) atoms. The lowest BCUT2D eigenvalue weighted by molar-refractivity contribution is 0.0987. The largest absolute Gasteiger partial charge is 0.448 e. The summed E-state index contributed by atoms with van der Waals surface area (Å²) in [6, 6.07) is 18.5. The predicted molar refractivity (Wildman–Crippen MR) is 112 cm³/mol. The molecular formula is C24H23N3O2. The number of hydrogen-bond acceptors (Lipinski definition) is 3. The molecule has 0 radical (unpaired) electrons. The van der Waals surface area contributed by atoms with Gasteiger partial charge in [-0.3, -0.25) is 4.68 Å². The second-order valence-corrected chi connectivity index (χ2v) is 7.03. The van der Waals surface area contributed by atoms with Crippen LogP contribution in [-0.2, 0) is 17.8 Å². The first-order chi connectivity index (χ1) is 14.2. The van der Waals surface area contributed by atoms with Crippen molar-refractivity contribution in [3.8, 4) is 23.5 Å². The van der Waals surface area contributed by atoms with Gasteiger partial charge in [0.2, 0.25) is 0 Å². The maximum absolute atomic E-state index is 12.7. The molecule has 0 saturated carbocycles. The van der Waals surface area contributed by atoms with Gasteiger partial charge in [-0.05, 0) is 35.2 Å². The number of terminal acetylenes is 1. The summed E-state index contributed by atoms with van der Waals surface area (Å²) in [6.45, 7) is 3.59. The monoisotopic (exact) mass is 385 g/mol. The zero-order valence-electron chi connectivity index (χ0n) is 16.4. The Bertz CT molecular complexity index is 1020. The summed E-state index contributed by atoms with van der Waals surface area (Å²) in [5.74, 6) is 2.61. The highest BCUT2D eigenvalue weighted by atomic mass is 16.6. The van der Waals surface area contributed by atoms with Crippen molar-refractivity contribution in [1.29, 1.82) is 0 Å². The molecule has 1 aromatic heterocycles. The van der Waals surface area contributed by atoms with Gasteiger partial charge in [0.15, 0.2) is 0 Å². The van der Waals surface area contributed by atoms with Crippen LogP contribution in [0.3, 0.4) is 0 Å². The highest BCUT2D eigenvalue weighted by Gasteiger charge is 2.29. The van der Waals surface area contributed by atoms with Crippen LogP contribution in [0.2, 0.25) is 0 Å². The maximum atomic E-state index is 12.7. The average molecular weight is 385 g/mol. The van der Waals surface area contributed by atoms with Gasteiger partial charge in [0.25, 0.3) is 0 Å². The second kappa shape index (κ2) is 8.24. The van der Waals surface area contributed by atoms with Crippen LogP contribution in [0.25, 0.3) is 11.1 Å². The van der Waals surface area contributed by atoms with Gasteiger partial charge in [0, 0.05) is 18.7 Å². The molecule has 5 heteroatoms. The minimum atomic E-state index is -0.333. The van der Waals surface area contributed by atoms with E-state index in [-0.39, 0.29) is 12.0 Å². The number of hydrogen-bond donors (Lipinski definition) is 0. The summed E-state index contributed by atoms with van der Waals surface area (Å²) in [6.07, 6.45) is 6.80. The van der Waals surface area contributed by atoms with Crippen LogP contribution in [0, 0.1) is 12.3 Å². The van der Waals surface area contributed by atoms with Crippen molar-refractivity contribution in [3.05, 3.63) is 77.6 Å². The molecule has 0 aliphatic heterocycles. The Balaban J connectivity index is 1.45. The standard InChI is InChI=1S/C24H23N3O2/c1-3-14-27-15-13-18(25-27)16-26(4-2)24(28)29-17-23-21-11-7-5-9-19(21)20-10-6-8-12-22(20)23/h1,5-13,15,23H,4,14,16-17H2,2H3. The normalized spacial score (nSPS) is 12.1. The molecule has 0 unspecified atom stereocenters. The van der Waals surface area contributed by atoms with Gasteiger partial charge < -0.3 is 9.64 Å². The third-order valence-electron chi connectivity index (χ3n) is 5.28. The Hall–Kier alpha value is -3.52. The van der Waals surface area contributed by atoms with Crippen molar-refractivity contribution in [2.45, 2.75) is 25.9 Å². The average Bonchev–Trinajstić information content (AvgIpc) is 3.33. The van der Waals surface area contributed by atoms with Crippen molar-refractivity contribution in [1.82, 2.24) is 14.7 Å². The minimum Gasteiger partial charge on any atom is -0.448 e. The Morgan fingerprint density at radius 3 is 2.41 bits per heavy atom. The number of carbonyl (C=O) groups excluding carboxylic acids is 1. The Labute approximate surface area is 170 Å². The third-order valence-corrected chi connectivity index (χ3v) is 5.28.